The summed E-state index contributed by atoms with van der Waals surface area (Å²) in [6.07, 6.45) is 3.05. The van der Waals surface area contributed by atoms with E-state index in [1.807, 2.05) is 31.5 Å². The molecule has 0 aliphatic carbocycles. The smallest absolute Gasteiger partial charge is 0.181 e. The quantitative estimate of drug-likeness (QED) is 0.454. The third-order valence-corrected chi connectivity index (χ3v) is 4.59. The summed E-state index contributed by atoms with van der Waals surface area (Å²) in [6.45, 7) is 3.96. The van der Waals surface area contributed by atoms with E-state index in [0.29, 0.717) is 11.4 Å². The molecule has 0 aromatic carbocycles. The predicted molar refractivity (Wildman–Crippen MR) is 81.6 cm³/mol. The highest BCUT2D eigenvalue weighted by atomic mass is 32.2. The van der Waals surface area contributed by atoms with Gasteiger partial charge in [0.05, 0.1) is 12.1 Å². The van der Waals surface area contributed by atoms with Gasteiger partial charge in [0.15, 0.2) is 11.4 Å². The van der Waals surface area contributed by atoms with Crippen molar-refractivity contribution in [3.05, 3.63) is 35.7 Å². The van der Waals surface area contributed by atoms with Crippen LogP contribution in [0.15, 0.2) is 23.7 Å². The second-order valence-corrected chi connectivity index (χ2v) is 5.80. The lowest BCUT2D eigenvalue weighted by molar-refractivity contribution is 0.102. The number of thioether (sulfide) groups is 1. The van der Waals surface area contributed by atoms with E-state index in [2.05, 4.69) is 19.9 Å². The molecule has 3 aromatic heterocycles. The van der Waals surface area contributed by atoms with E-state index in [-0.39, 0.29) is 5.78 Å². The first kappa shape index (κ1) is 13.8. The van der Waals surface area contributed by atoms with Gasteiger partial charge in [-0.15, -0.1) is 0 Å². The minimum atomic E-state index is 0.104. The van der Waals surface area contributed by atoms with Crippen LogP contribution in [0.2, 0.25) is 0 Å². The molecule has 3 rings (SSSR count). The normalized spacial score (nSPS) is 11.2. The average Bonchev–Trinajstić information content (AvgIpc) is 3.05. The molecule has 0 atom stereocenters. The number of Topliss-reactive ketones (excluding diaryl/α,β-unsaturated/α-hetero) is 1. The molecule has 1 N–H and O–H groups in total. The molecule has 7 heteroatoms. The van der Waals surface area contributed by atoms with Crippen LogP contribution in [0.1, 0.15) is 21.7 Å². The first-order valence-corrected chi connectivity index (χ1v) is 7.49. The maximum absolute atomic E-state index is 12.4. The van der Waals surface area contributed by atoms with E-state index in [1.165, 1.54) is 18.1 Å². The third-order valence-electron chi connectivity index (χ3n) is 3.60. The molecule has 0 aliphatic heterocycles. The average molecular weight is 301 g/mol. The van der Waals surface area contributed by atoms with Gasteiger partial charge in [-0.3, -0.25) is 4.79 Å². The summed E-state index contributed by atoms with van der Waals surface area (Å²) in [5, 5.41) is 0.746. The van der Waals surface area contributed by atoms with E-state index in [1.54, 1.807) is 6.33 Å². The molecule has 0 spiro atoms. The summed E-state index contributed by atoms with van der Waals surface area (Å²) in [5.74, 6) is 0.447. The van der Waals surface area contributed by atoms with E-state index < -0.39 is 0 Å². The second-order valence-electron chi connectivity index (χ2n) is 4.84. The largest absolute Gasteiger partial charge is 0.351 e. The molecule has 0 radical (unpaired) electrons. The second kappa shape index (κ2) is 5.33. The first-order chi connectivity index (χ1) is 10.1. The first-order valence-electron chi connectivity index (χ1n) is 6.51. The van der Waals surface area contributed by atoms with Gasteiger partial charge in [0, 0.05) is 24.0 Å². The van der Waals surface area contributed by atoms with E-state index in [0.717, 1.165) is 27.5 Å². The number of aromatic amines is 1. The zero-order valence-corrected chi connectivity index (χ0v) is 12.9. The summed E-state index contributed by atoms with van der Waals surface area (Å²) in [5.41, 5.74) is 4.24. The lowest BCUT2D eigenvalue weighted by Crippen LogP contribution is -2.05. The number of fused-ring (bicyclic) bond motifs is 1. The number of carbonyl (C=O) groups excluding carboxylic acids is 1. The van der Waals surface area contributed by atoms with Crippen LogP contribution in [0.5, 0.6) is 0 Å². The fraction of sp³-hybridized carbons (Fsp3) is 0.286. The SMILES string of the molecule is Cc1cc(C(=O)CSc2ncnc3nc[nH]c23)c(C)n1C. The molecule has 21 heavy (non-hydrogen) atoms. The minimum Gasteiger partial charge on any atom is -0.351 e. The third kappa shape index (κ3) is 2.44. The van der Waals surface area contributed by atoms with Gasteiger partial charge in [-0.2, -0.15) is 0 Å². The number of aryl methyl sites for hydroxylation is 1. The number of nitrogens with one attached hydrogen (secondary N) is 1. The molecular formula is C14H15N5OS. The van der Waals surface area contributed by atoms with Crippen molar-refractivity contribution in [1.82, 2.24) is 24.5 Å². The van der Waals surface area contributed by atoms with Crippen molar-refractivity contribution in [1.29, 1.82) is 0 Å². The van der Waals surface area contributed by atoms with Gasteiger partial charge in [-0.05, 0) is 19.9 Å². The number of nitrogens with zero attached hydrogens (tertiary/aromatic N) is 4. The van der Waals surface area contributed by atoms with Crippen LogP contribution in [0.25, 0.3) is 11.2 Å². The van der Waals surface area contributed by atoms with Crippen molar-refractivity contribution in [3.8, 4) is 0 Å². The Kier molecular flexibility index (Phi) is 3.50. The topological polar surface area (TPSA) is 76.5 Å². The number of carbonyl (C=O) groups is 1. The van der Waals surface area contributed by atoms with Crippen LogP contribution in [-0.2, 0) is 7.05 Å². The summed E-state index contributed by atoms with van der Waals surface area (Å²) in [4.78, 5) is 27.7. The molecule has 3 heterocycles. The van der Waals surface area contributed by atoms with Crippen LogP contribution in [0.3, 0.4) is 0 Å². The Hall–Kier alpha value is -2.15. The summed E-state index contributed by atoms with van der Waals surface area (Å²) in [7, 11) is 1.97. The number of aromatic nitrogens is 5. The number of hydrogen-bond acceptors (Lipinski definition) is 5. The highest BCUT2D eigenvalue weighted by Crippen LogP contribution is 2.24. The van der Waals surface area contributed by atoms with Crippen molar-refractivity contribution in [2.24, 2.45) is 7.05 Å². The fourth-order valence-corrected chi connectivity index (χ4v) is 3.04. The van der Waals surface area contributed by atoms with Crippen molar-refractivity contribution < 1.29 is 4.79 Å². The molecule has 108 valence electrons. The van der Waals surface area contributed by atoms with Gasteiger partial charge in [0.2, 0.25) is 0 Å². The molecule has 0 unspecified atom stereocenters. The van der Waals surface area contributed by atoms with Crippen molar-refractivity contribution in [3.63, 3.8) is 0 Å². The molecule has 0 aliphatic rings. The molecule has 0 bridgehead atoms. The van der Waals surface area contributed by atoms with Crippen LogP contribution in [0.4, 0.5) is 0 Å². The number of rotatable bonds is 4. The number of imidazole rings is 1. The summed E-state index contributed by atoms with van der Waals surface area (Å²) < 4.78 is 2.02. The van der Waals surface area contributed by atoms with Gasteiger partial charge in [0.25, 0.3) is 0 Å². The molecule has 0 fully saturated rings. The van der Waals surface area contributed by atoms with Gasteiger partial charge in [-0.1, -0.05) is 11.8 Å². The van der Waals surface area contributed by atoms with E-state index in [4.69, 9.17) is 0 Å². The maximum atomic E-state index is 12.4. The maximum Gasteiger partial charge on any atom is 0.181 e. The molecule has 3 aromatic rings. The van der Waals surface area contributed by atoms with Crippen molar-refractivity contribution >= 4 is 28.7 Å². The lowest BCUT2D eigenvalue weighted by Gasteiger charge is -2.03. The molecule has 0 saturated carbocycles. The Bertz CT molecular complexity index is 820. The molecular weight excluding hydrogens is 286 g/mol. The van der Waals surface area contributed by atoms with Crippen LogP contribution in [0, 0.1) is 13.8 Å². The monoisotopic (exact) mass is 301 g/mol. The Morgan fingerprint density at radius 1 is 1.33 bits per heavy atom. The fourth-order valence-electron chi connectivity index (χ4n) is 2.20. The van der Waals surface area contributed by atoms with Crippen molar-refractivity contribution in [2.45, 2.75) is 18.9 Å². The van der Waals surface area contributed by atoms with Gasteiger partial charge in [0.1, 0.15) is 16.9 Å². The van der Waals surface area contributed by atoms with Crippen LogP contribution in [-0.4, -0.2) is 36.0 Å². The number of H-pyrrole nitrogens is 1. The Morgan fingerprint density at radius 2 is 2.14 bits per heavy atom. The standard InChI is InChI=1S/C14H15N5OS/c1-8-4-10(9(2)19(8)3)11(20)5-21-14-12-13(16-6-15-12)17-7-18-14/h4,6-7H,5H2,1-3H3,(H,15,16,17,18). The van der Waals surface area contributed by atoms with E-state index >= 15 is 0 Å². The van der Waals surface area contributed by atoms with Crippen LogP contribution >= 0.6 is 11.8 Å². The van der Waals surface area contributed by atoms with E-state index in [9.17, 15) is 4.79 Å². The summed E-state index contributed by atoms with van der Waals surface area (Å²) in [6, 6.07) is 1.93. The molecule has 6 nitrogen and oxygen atoms in total. The highest BCUT2D eigenvalue weighted by Gasteiger charge is 2.15. The van der Waals surface area contributed by atoms with Gasteiger partial charge in [-0.25, -0.2) is 15.0 Å². The Morgan fingerprint density at radius 3 is 2.86 bits per heavy atom. The molecule has 0 saturated heterocycles. The zero-order chi connectivity index (χ0) is 15.0. The minimum absolute atomic E-state index is 0.104. The number of hydrogen-bond donors (Lipinski definition) is 1. The zero-order valence-electron chi connectivity index (χ0n) is 12.0. The highest BCUT2D eigenvalue weighted by molar-refractivity contribution is 8.00. The van der Waals surface area contributed by atoms with Gasteiger partial charge < -0.3 is 9.55 Å². The van der Waals surface area contributed by atoms with Crippen molar-refractivity contribution in [2.75, 3.05) is 5.75 Å². The lowest BCUT2D eigenvalue weighted by atomic mass is 10.2. The summed E-state index contributed by atoms with van der Waals surface area (Å²) >= 11 is 1.40. The Labute approximate surface area is 126 Å². The Balaban J connectivity index is 1.80. The number of ketones is 1. The van der Waals surface area contributed by atoms with Crippen LogP contribution < -0.4 is 0 Å². The predicted octanol–water partition coefficient (Wildman–Crippen LogP) is 2.28. The van der Waals surface area contributed by atoms with Gasteiger partial charge >= 0.3 is 0 Å². The molecule has 0 amide bonds.